The molecule has 1 amide bonds. The molecular weight excluding hydrogens is 388 g/mol. The third-order valence-electron chi connectivity index (χ3n) is 6.23. The molecule has 2 aromatic heterocycles. The van der Waals surface area contributed by atoms with Gasteiger partial charge in [0, 0.05) is 50.8 Å². The summed E-state index contributed by atoms with van der Waals surface area (Å²) < 4.78 is 0. The minimum atomic E-state index is 0.0104. The zero-order valence-electron chi connectivity index (χ0n) is 17.7. The van der Waals surface area contributed by atoms with E-state index in [1.54, 1.807) is 12.4 Å². The summed E-state index contributed by atoms with van der Waals surface area (Å²) in [7, 11) is 2.05. The van der Waals surface area contributed by atoms with E-state index in [1.165, 1.54) is 5.56 Å². The topological polar surface area (TPSA) is 65.5 Å². The minimum absolute atomic E-state index is 0.0104. The summed E-state index contributed by atoms with van der Waals surface area (Å²) in [6, 6.07) is 16.2. The molecule has 4 heterocycles. The predicted octanol–water partition coefficient (Wildman–Crippen LogP) is 3.18. The summed E-state index contributed by atoms with van der Waals surface area (Å²) in [5, 5.41) is 8.30. The molecule has 2 aliphatic rings. The number of nitrogens with zero attached hydrogens (tertiary/aromatic N) is 6. The number of likely N-dealkylation sites (N-methyl/N-ethyl adjacent to an activating group) is 1. The van der Waals surface area contributed by atoms with Gasteiger partial charge in [-0.3, -0.25) is 4.79 Å². The van der Waals surface area contributed by atoms with Crippen molar-refractivity contribution < 1.29 is 4.79 Å². The van der Waals surface area contributed by atoms with Gasteiger partial charge in [-0.2, -0.15) is 5.10 Å². The van der Waals surface area contributed by atoms with Crippen LogP contribution < -0.4 is 14.7 Å². The van der Waals surface area contributed by atoms with Crippen LogP contribution in [0.2, 0.25) is 0 Å². The van der Waals surface area contributed by atoms with Crippen LogP contribution in [0.25, 0.3) is 0 Å². The van der Waals surface area contributed by atoms with E-state index in [2.05, 4.69) is 31.0 Å². The van der Waals surface area contributed by atoms with E-state index in [-0.39, 0.29) is 5.91 Å². The number of carbonyl (C=O) groups excluding carboxylic acids is 1. The van der Waals surface area contributed by atoms with Gasteiger partial charge in [-0.05, 0) is 55.2 Å². The smallest absolute Gasteiger partial charge is 0.259 e. The van der Waals surface area contributed by atoms with Gasteiger partial charge in [0.25, 0.3) is 5.91 Å². The van der Waals surface area contributed by atoms with Crippen LogP contribution in [0.1, 0.15) is 28.8 Å². The zero-order valence-corrected chi connectivity index (χ0v) is 17.7. The van der Waals surface area contributed by atoms with Gasteiger partial charge in [-0.15, -0.1) is 5.10 Å². The molecule has 3 aromatic rings. The van der Waals surface area contributed by atoms with Gasteiger partial charge in [0.1, 0.15) is 5.82 Å². The van der Waals surface area contributed by atoms with E-state index < -0.39 is 0 Å². The van der Waals surface area contributed by atoms with E-state index in [0.717, 1.165) is 56.2 Å². The highest BCUT2D eigenvalue weighted by Crippen LogP contribution is 2.29. The average molecular weight is 415 g/mol. The Morgan fingerprint density at radius 2 is 2.03 bits per heavy atom. The van der Waals surface area contributed by atoms with Gasteiger partial charge in [0.2, 0.25) is 0 Å². The molecule has 7 nitrogen and oxygen atoms in total. The molecule has 0 radical (unpaired) electrons. The Morgan fingerprint density at radius 3 is 2.84 bits per heavy atom. The molecule has 5 rings (SSSR count). The molecule has 1 atom stereocenters. The number of fused-ring (bicyclic) bond motifs is 1. The van der Waals surface area contributed by atoms with Crippen LogP contribution in [-0.2, 0) is 6.42 Å². The first-order valence-corrected chi connectivity index (χ1v) is 10.8. The standard InChI is InChI=1S/C24H26N6O/c1-28(17-20-7-5-14-29(20)23-9-4-13-26-27-23)22-11-10-19(16-25-22)24(31)30-15-12-18-6-2-3-8-21(18)30/h2-4,6,8-11,13,16,20H,5,7,12,14-15,17H2,1H3. The lowest BCUT2D eigenvalue weighted by Crippen LogP contribution is -2.39. The summed E-state index contributed by atoms with van der Waals surface area (Å²) in [5.74, 6) is 1.80. The molecule has 1 aromatic carbocycles. The lowest BCUT2D eigenvalue weighted by molar-refractivity contribution is 0.0989. The van der Waals surface area contributed by atoms with Crippen LogP contribution in [0, 0.1) is 0 Å². The van der Waals surface area contributed by atoms with Crippen molar-refractivity contribution in [3.05, 3.63) is 72.1 Å². The fourth-order valence-corrected chi connectivity index (χ4v) is 4.63. The lowest BCUT2D eigenvalue weighted by atomic mass is 10.2. The van der Waals surface area contributed by atoms with Crippen molar-refractivity contribution in [3.8, 4) is 0 Å². The van der Waals surface area contributed by atoms with Crippen molar-refractivity contribution in [2.45, 2.75) is 25.3 Å². The second kappa shape index (κ2) is 8.34. The van der Waals surface area contributed by atoms with Crippen LogP contribution in [0.3, 0.4) is 0 Å². The van der Waals surface area contributed by atoms with Crippen molar-refractivity contribution in [3.63, 3.8) is 0 Å². The molecule has 0 spiro atoms. The normalized spacial score (nSPS) is 17.6. The van der Waals surface area contributed by atoms with Crippen LogP contribution in [0.4, 0.5) is 17.3 Å². The van der Waals surface area contributed by atoms with Crippen LogP contribution in [0.15, 0.2) is 60.9 Å². The second-order valence-corrected chi connectivity index (χ2v) is 8.19. The maximum Gasteiger partial charge on any atom is 0.259 e. The number of benzene rings is 1. The summed E-state index contributed by atoms with van der Waals surface area (Å²) in [5.41, 5.74) is 2.86. The molecule has 1 unspecified atom stereocenters. The first kappa shape index (κ1) is 19.5. The molecular formula is C24H26N6O. The van der Waals surface area contributed by atoms with Gasteiger partial charge >= 0.3 is 0 Å². The zero-order chi connectivity index (χ0) is 21.2. The monoisotopic (exact) mass is 414 g/mol. The molecule has 31 heavy (non-hydrogen) atoms. The SMILES string of the molecule is CN(CC1CCCN1c1cccnn1)c1ccc(C(=O)N2CCc3ccccc32)cn1. The molecule has 1 saturated heterocycles. The molecule has 0 aliphatic carbocycles. The van der Waals surface area contributed by atoms with Crippen molar-refractivity contribution in [1.29, 1.82) is 0 Å². The molecule has 2 aliphatic heterocycles. The number of hydrogen-bond donors (Lipinski definition) is 0. The van der Waals surface area contributed by atoms with E-state index in [9.17, 15) is 4.79 Å². The Kier molecular flexibility index (Phi) is 5.24. The predicted molar refractivity (Wildman–Crippen MR) is 122 cm³/mol. The minimum Gasteiger partial charge on any atom is -0.358 e. The van der Waals surface area contributed by atoms with Crippen molar-refractivity contribution in [2.24, 2.45) is 0 Å². The second-order valence-electron chi connectivity index (χ2n) is 8.19. The van der Waals surface area contributed by atoms with Gasteiger partial charge in [0.15, 0.2) is 5.82 Å². The largest absolute Gasteiger partial charge is 0.358 e. The third kappa shape index (κ3) is 3.83. The molecule has 158 valence electrons. The van der Waals surface area contributed by atoms with Gasteiger partial charge in [-0.25, -0.2) is 4.98 Å². The van der Waals surface area contributed by atoms with E-state index in [1.807, 2.05) is 54.4 Å². The van der Waals surface area contributed by atoms with Crippen LogP contribution in [0.5, 0.6) is 0 Å². The number of aromatic nitrogens is 3. The molecule has 0 N–H and O–H groups in total. The van der Waals surface area contributed by atoms with Gasteiger partial charge in [0.05, 0.1) is 5.56 Å². The van der Waals surface area contributed by atoms with E-state index in [0.29, 0.717) is 11.6 Å². The summed E-state index contributed by atoms with van der Waals surface area (Å²) >= 11 is 0. The molecule has 1 fully saturated rings. The third-order valence-corrected chi connectivity index (χ3v) is 6.23. The molecule has 7 heteroatoms. The first-order chi connectivity index (χ1) is 15.2. The first-order valence-electron chi connectivity index (χ1n) is 10.8. The number of amides is 1. The van der Waals surface area contributed by atoms with Crippen molar-refractivity contribution in [1.82, 2.24) is 15.2 Å². The number of pyridine rings is 1. The lowest BCUT2D eigenvalue weighted by Gasteiger charge is -2.29. The average Bonchev–Trinajstić information content (AvgIpc) is 3.46. The Balaban J connectivity index is 1.26. The van der Waals surface area contributed by atoms with Crippen molar-refractivity contribution >= 4 is 23.2 Å². The van der Waals surface area contributed by atoms with Crippen LogP contribution >= 0.6 is 0 Å². The Labute approximate surface area is 182 Å². The Bertz CT molecular complexity index is 1060. The Hall–Kier alpha value is -3.48. The fraction of sp³-hybridized carbons (Fsp3) is 0.333. The number of anilines is 3. The number of hydrogen-bond acceptors (Lipinski definition) is 6. The highest BCUT2D eigenvalue weighted by Gasteiger charge is 2.28. The summed E-state index contributed by atoms with van der Waals surface area (Å²) in [6.07, 6.45) is 6.57. The van der Waals surface area contributed by atoms with Gasteiger partial charge in [-0.1, -0.05) is 18.2 Å². The number of carbonyl (C=O) groups is 1. The Morgan fingerprint density at radius 1 is 1.13 bits per heavy atom. The highest BCUT2D eigenvalue weighted by atomic mass is 16.2. The van der Waals surface area contributed by atoms with E-state index >= 15 is 0 Å². The fourth-order valence-electron chi connectivity index (χ4n) is 4.63. The number of para-hydroxylation sites is 1. The molecule has 0 bridgehead atoms. The summed E-state index contributed by atoms with van der Waals surface area (Å²) in [4.78, 5) is 24.0. The quantitative estimate of drug-likeness (QED) is 0.639. The summed E-state index contributed by atoms with van der Waals surface area (Å²) in [6.45, 7) is 2.56. The highest BCUT2D eigenvalue weighted by molar-refractivity contribution is 6.07. The molecule has 0 saturated carbocycles. The van der Waals surface area contributed by atoms with Crippen molar-refractivity contribution in [2.75, 3.05) is 41.4 Å². The maximum atomic E-state index is 13.0. The van der Waals surface area contributed by atoms with Gasteiger partial charge < -0.3 is 14.7 Å². The van der Waals surface area contributed by atoms with E-state index in [4.69, 9.17) is 0 Å². The van der Waals surface area contributed by atoms with Crippen LogP contribution in [-0.4, -0.2) is 53.8 Å². The maximum absolute atomic E-state index is 13.0. The number of rotatable bonds is 5.